The van der Waals surface area contributed by atoms with Crippen molar-refractivity contribution in [2.24, 2.45) is 0 Å². The molecule has 1 N–H and O–H groups in total. The molecule has 1 atom stereocenters. The van der Waals surface area contributed by atoms with Crippen LogP contribution in [0, 0.1) is 6.92 Å². The Labute approximate surface area is 123 Å². The van der Waals surface area contributed by atoms with Crippen molar-refractivity contribution in [2.75, 3.05) is 6.54 Å². The van der Waals surface area contributed by atoms with Gasteiger partial charge in [0.1, 0.15) is 5.76 Å². The zero-order valence-electron chi connectivity index (χ0n) is 11.0. The second kappa shape index (κ2) is 6.47. The molecule has 1 heterocycles. The van der Waals surface area contributed by atoms with Gasteiger partial charge in [-0.15, -0.1) is 0 Å². The van der Waals surface area contributed by atoms with Crippen LogP contribution in [0.3, 0.4) is 0 Å². The van der Waals surface area contributed by atoms with E-state index in [1.54, 1.807) is 12.3 Å². The summed E-state index contributed by atoms with van der Waals surface area (Å²) in [5.41, 5.74) is 2.05. The Kier molecular flexibility index (Phi) is 4.92. The van der Waals surface area contributed by atoms with E-state index in [9.17, 15) is 0 Å². The van der Waals surface area contributed by atoms with Crippen molar-refractivity contribution in [1.82, 2.24) is 5.32 Å². The predicted molar refractivity (Wildman–Crippen MR) is 80.0 cm³/mol. The Morgan fingerprint density at radius 2 is 2.05 bits per heavy atom. The van der Waals surface area contributed by atoms with Gasteiger partial charge in [0.05, 0.1) is 12.3 Å². The minimum atomic E-state index is -0.0684. The third-order valence-electron chi connectivity index (χ3n) is 3.03. The first kappa shape index (κ1) is 14.4. The fourth-order valence-corrected chi connectivity index (χ4v) is 2.46. The van der Waals surface area contributed by atoms with Crippen LogP contribution in [0.1, 0.15) is 36.3 Å². The van der Waals surface area contributed by atoms with Gasteiger partial charge in [-0.05, 0) is 55.3 Å². The summed E-state index contributed by atoms with van der Waals surface area (Å²) in [7, 11) is 0. The smallest absolute Gasteiger partial charge is 0.128 e. The Balaban J connectivity index is 2.42. The molecule has 19 heavy (non-hydrogen) atoms. The molecule has 0 spiro atoms. The summed E-state index contributed by atoms with van der Waals surface area (Å²) in [6, 6.07) is 7.38. The zero-order chi connectivity index (χ0) is 13.8. The maximum absolute atomic E-state index is 6.30. The minimum absolute atomic E-state index is 0.0684. The van der Waals surface area contributed by atoms with Crippen LogP contribution >= 0.6 is 23.2 Å². The largest absolute Gasteiger partial charge is 0.467 e. The van der Waals surface area contributed by atoms with Gasteiger partial charge in [0, 0.05) is 10.0 Å². The highest BCUT2D eigenvalue weighted by molar-refractivity contribution is 6.33. The number of halogens is 2. The number of furan rings is 1. The monoisotopic (exact) mass is 297 g/mol. The van der Waals surface area contributed by atoms with E-state index < -0.39 is 0 Å². The lowest BCUT2D eigenvalue weighted by atomic mass is 10.0. The number of benzene rings is 1. The third kappa shape index (κ3) is 3.33. The van der Waals surface area contributed by atoms with Crippen molar-refractivity contribution in [3.8, 4) is 0 Å². The molecule has 0 bridgehead atoms. The Hall–Kier alpha value is -0.960. The van der Waals surface area contributed by atoms with Crippen molar-refractivity contribution in [3.05, 3.63) is 57.5 Å². The molecule has 1 aromatic heterocycles. The highest BCUT2D eigenvalue weighted by atomic mass is 35.5. The van der Waals surface area contributed by atoms with Gasteiger partial charge in [-0.1, -0.05) is 30.1 Å². The molecule has 0 aliphatic heterocycles. The van der Waals surface area contributed by atoms with Crippen LogP contribution < -0.4 is 5.32 Å². The first-order valence-corrected chi connectivity index (χ1v) is 7.11. The molecule has 0 aliphatic carbocycles. The highest BCUT2D eigenvalue weighted by Crippen LogP contribution is 2.32. The molecule has 0 fully saturated rings. The average Bonchev–Trinajstić information content (AvgIpc) is 2.80. The van der Waals surface area contributed by atoms with Crippen molar-refractivity contribution < 1.29 is 4.42 Å². The third-order valence-corrected chi connectivity index (χ3v) is 3.61. The van der Waals surface area contributed by atoms with Gasteiger partial charge in [-0.25, -0.2) is 0 Å². The summed E-state index contributed by atoms with van der Waals surface area (Å²) in [6.45, 7) is 5.03. The highest BCUT2D eigenvalue weighted by Gasteiger charge is 2.21. The molecule has 2 aromatic rings. The van der Waals surface area contributed by atoms with Crippen molar-refractivity contribution in [2.45, 2.75) is 26.3 Å². The van der Waals surface area contributed by atoms with Gasteiger partial charge < -0.3 is 9.73 Å². The van der Waals surface area contributed by atoms with Gasteiger partial charge in [0.25, 0.3) is 0 Å². The predicted octanol–water partition coefficient (Wildman–Crippen LogP) is 4.98. The number of aryl methyl sites for hydroxylation is 1. The molecule has 2 nitrogen and oxygen atoms in total. The van der Waals surface area contributed by atoms with Crippen molar-refractivity contribution in [3.63, 3.8) is 0 Å². The topological polar surface area (TPSA) is 25.2 Å². The molecular formula is C15H17Cl2NO. The van der Waals surface area contributed by atoms with Crippen LogP contribution in [0.25, 0.3) is 0 Å². The fourth-order valence-electron chi connectivity index (χ4n) is 2.05. The SMILES string of the molecule is CCCNC(c1cc(Cl)ccc1Cl)c1occc1C. The summed E-state index contributed by atoms with van der Waals surface area (Å²) in [4.78, 5) is 0. The van der Waals surface area contributed by atoms with Crippen LogP contribution in [0.2, 0.25) is 10.0 Å². The molecular weight excluding hydrogens is 281 g/mol. The molecule has 102 valence electrons. The maximum Gasteiger partial charge on any atom is 0.128 e. The van der Waals surface area contributed by atoms with Crippen LogP contribution in [0.4, 0.5) is 0 Å². The molecule has 0 saturated heterocycles. The van der Waals surface area contributed by atoms with Crippen LogP contribution in [0.15, 0.2) is 34.9 Å². The number of hydrogen-bond acceptors (Lipinski definition) is 2. The minimum Gasteiger partial charge on any atom is -0.467 e. The van der Waals surface area contributed by atoms with Crippen LogP contribution in [0.5, 0.6) is 0 Å². The van der Waals surface area contributed by atoms with E-state index >= 15 is 0 Å². The summed E-state index contributed by atoms with van der Waals surface area (Å²) in [6.07, 6.45) is 2.73. The normalized spacial score (nSPS) is 12.6. The molecule has 4 heteroatoms. The number of nitrogens with one attached hydrogen (secondary N) is 1. The zero-order valence-corrected chi connectivity index (χ0v) is 12.6. The first-order valence-electron chi connectivity index (χ1n) is 6.35. The van der Waals surface area contributed by atoms with E-state index in [0.717, 1.165) is 29.9 Å². The van der Waals surface area contributed by atoms with Gasteiger partial charge >= 0.3 is 0 Å². The lowest BCUT2D eigenvalue weighted by Gasteiger charge is -2.19. The molecule has 0 radical (unpaired) electrons. The van der Waals surface area contributed by atoms with E-state index in [1.165, 1.54) is 0 Å². The van der Waals surface area contributed by atoms with Crippen molar-refractivity contribution in [1.29, 1.82) is 0 Å². The second-order valence-corrected chi connectivity index (χ2v) is 5.36. The Bertz CT molecular complexity index is 551. The van der Waals surface area contributed by atoms with Gasteiger partial charge in [0.2, 0.25) is 0 Å². The van der Waals surface area contributed by atoms with E-state index in [4.69, 9.17) is 27.6 Å². The van der Waals surface area contributed by atoms with Gasteiger partial charge in [0.15, 0.2) is 0 Å². The Morgan fingerprint density at radius 1 is 1.26 bits per heavy atom. The summed E-state index contributed by atoms with van der Waals surface area (Å²) in [5, 5.41) is 4.82. The molecule has 0 amide bonds. The van der Waals surface area contributed by atoms with Crippen molar-refractivity contribution >= 4 is 23.2 Å². The fraction of sp³-hybridized carbons (Fsp3) is 0.333. The lowest BCUT2D eigenvalue weighted by molar-refractivity contribution is 0.444. The first-order chi connectivity index (χ1) is 9.13. The van der Waals surface area contributed by atoms with Gasteiger partial charge in [-0.3, -0.25) is 0 Å². The molecule has 0 aliphatic rings. The van der Waals surface area contributed by atoms with Crippen LogP contribution in [-0.4, -0.2) is 6.54 Å². The standard InChI is InChI=1S/C15H17Cl2NO/c1-3-7-18-14(15-10(2)6-8-19-15)12-9-11(16)4-5-13(12)17/h4-6,8-9,14,18H,3,7H2,1-2H3. The molecule has 1 unspecified atom stereocenters. The van der Waals surface area contributed by atoms with Gasteiger partial charge in [-0.2, -0.15) is 0 Å². The van der Waals surface area contributed by atoms with Crippen LogP contribution in [-0.2, 0) is 0 Å². The number of hydrogen-bond donors (Lipinski definition) is 1. The lowest BCUT2D eigenvalue weighted by Crippen LogP contribution is -2.23. The maximum atomic E-state index is 6.30. The molecule has 1 aromatic carbocycles. The van der Waals surface area contributed by atoms with E-state index in [2.05, 4.69) is 12.2 Å². The van der Waals surface area contributed by atoms with E-state index in [-0.39, 0.29) is 6.04 Å². The second-order valence-electron chi connectivity index (χ2n) is 4.52. The number of rotatable bonds is 5. The molecule has 2 rings (SSSR count). The Morgan fingerprint density at radius 3 is 2.68 bits per heavy atom. The summed E-state index contributed by atoms with van der Waals surface area (Å²) >= 11 is 12.4. The summed E-state index contributed by atoms with van der Waals surface area (Å²) in [5.74, 6) is 0.887. The van der Waals surface area contributed by atoms with E-state index in [0.29, 0.717) is 10.0 Å². The molecule has 0 saturated carbocycles. The van der Waals surface area contributed by atoms with E-state index in [1.807, 2.05) is 25.1 Å². The average molecular weight is 298 g/mol. The quantitative estimate of drug-likeness (QED) is 0.841. The summed E-state index contributed by atoms with van der Waals surface area (Å²) < 4.78 is 5.61.